The molecule has 0 bridgehead atoms. The summed E-state index contributed by atoms with van der Waals surface area (Å²) < 4.78 is 29.8. The van der Waals surface area contributed by atoms with Crippen molar-refractivity contribution in [1.29, 1.82) is 0 Å². The summed E-state index contributed by atoms with van der Waals surface area (Å²) in [4.78, 5) is 12.1. The maximum Gasteiger partial charge on any atom is 0.251 e. The Labute approximate surface area is 119 Å². The first-order chi connectivity index (χ1) is 9.28. The molecule has 0 saturated carbocycles. The van der Waals surface area contributed by atoms with Gasteiger partial charge in [0.1, 0.15) is 0 Å². The van der Waals surface area contributed by atoms with E-state index in [0.717, 1.165) is 4.31 Å². The van der Waals surface area contributed by atoms with Crippen LogP contribution in [0.2, 0.25) is 0 Å². The molecule has 1 aromatic carbocycles. The third kappa shape index (κ3) is 4.03. The van der Waals surface area contributed by atoms with E-state index in [9.17, 15) is 13.2 Å². The molecule has 0 aromatic heterocycles. The van der Waals surface area contributed by atoms with Crippen molar-refractivity contribution in [2.75, 3.05) is 27.8 Å². The molecule has 7 heteroatoms. The number of amides is 1. The quantitative estimate of drug-likeness (QED) is 0.839. The highest BCUT2D eigenvalue weighted by atomic mass is 32.2. The van der Waals surface area contributed by atoms with Gasteiger partial charge in [0.15, 0.2) is 0 Å². The van der Waals surface area contributed by atoms with Crippen molar-refractivity contribution in [2.45, 2.75) is 17.9 Å². The molecule has 20 heavy (non-hydrogen) atoms. The maximum absolute atomic E-state index is 11.9. The normalized spacial score (nSPS) is 13.2. The van der Waals surface area contributed by atoms with E-state index in [4.69, 9.17) is 4.74 Å². The number of hydrogen-bond acceptors (Lipinski definition) is 4. The van der Waals surface area contributed by atoms with E-state index < -0.39 is 10.0 Å². The number of benzene rings is 1. The molecular weight excluding hydrogens is 280 g/mol. The molecule has 1 rings (SSSR count). The summed E-state index contributed by atoms with van der Waals surface area (Å²) in [6.07, 6.45) is 0. The standard InChI is InChI=1S/C13H20N2O4S/c1-10(9-19-4)14-13(16)11-5-7-12(8-6-11)20(17,18)15(2)3/h5-8,10H,9H2,1-4H3,(H,14,16). The van der Waals surface area contributed by atoms with E-state index in [1.54, 1.807) is 7.11 Å². The van der Waals surface area contributed by atoms with Crippen LogP contribution in [0.3, 0.4) is 0 Å². The summed E-state index contributed by atoms with van der Waals surface area (Å²) in [5, 5.41) is 2.75. The molecule has 1 aromatic rings. The summed E-state index contributed by atoms with van der Waals surface area (Å²) >= 11 is 0. The average molecular weight is 300 g/mol. The molecule has 1 N–H and O–H groups in total. The molecule has 1 atom stereocenters. The van der Waals surface area contributed by atoms with Crippen LogP contribution in [0.15, 0.2) is 29.2 Å². The lowest BCUT2D eigenvalue weighted by atomic mass is 10.2. The monoisotopic (exact) mass is 300 g/mol. The number of hydrogen-bond donors (Lipinski definition) is 1. The van der Waals surface area contributed by atoms with Gasteiger partial charge in [0, 0.05) is 32.8 Å². The van der Waals surface area contributed by atoms with Crippen molar-refractivity contribution >= 4 is 15.9 Å². The number of nitrogens with zero attached hydrogens (tertiary/aromatic N) is 1. The average Bonchev–Trinajstić information content (AvgIpc) is 2.38. The van der Waals surface area contributed by atoms with E-state index in [1.165, 1.54) is 38.4 Å². The number of rotatable bonds is 6. The highest BCUT2D eigenvalue weighted by Gasteiger charge is 2.17. The van der Waals surface area contributed by atoms with Gasteiger partial charge < -0.3 is 10.1 Å². The smallest absolute Gasteiger partial charge is 0.251 e. The molecule has 0 saturated heterocycles. The predicted molar refractivity (Wildman–Crippen MR) is 76.1 cm³/mol. The second-order valence-corrected chi connectivity index (χ2v) is 6.79. The number of methoxy groups -OCH3 is 1. The number of ether oxygens (including phenoxy) is 1. The van der Waals surface area contributed by atoms with Gasteiger partial charge in [-0.15, -0.1) is 0 Å². The van der Waals surface area contributed by atoms with Crippen LogP contribution in [0.1, 0.15) is 17.3 Å². The van der Waals surface area contributed by atoms with Gasteiger partial charge in [0.2, 0.25) is 10.0 Å². The number of nitrogens with one attached hydrogen (secondary N) is 1. The molecule has 0 spiro atoms. The summed E-state index contributed by atoms with van der Waals surface area (Å²) in [6.45, 7) is 2.24. The van der Waals surface area contributed by atoms with Gasteiger partial charge in [0.25, 0.3) is 5.91 Å². The van der Waals surface area contributed by atoms with E-state index in [1.807, 2.05) is 6.92 Å². The fourth-order valence-electron chi connectivity index (χ4n) is 1.59. The van der Waals surface area contributed by atoms with Crippen molar-refractivity contribution in [2.24, 2.45) is 0 Å². The van der Waals surface area contributed by atoms with Crippen LogP contribution in [0.4, 0.5) is 0 Å². The molecule has 112 valence electrons. The molecule has 1 unspecified atom stereocenters. The molecule has 0 heterocycles. The lowest BCUT2D eigenvalue weighted by Gasteiger charge is -2.14. The molecule has 0 fully saturated rings. The van der Waals surface area contributed by atoms with Crippen LogP contribution in [0.5, 0.6) is 0 Å². The van der Waals surface area contributed by atoms with E-state index >= 15 is 0 Å². The molecule has 1 amide bonds. The van der Waals surface area contributed by atoms with Crippen LogP contribution in [0, 0.1) is 0 Å². The molecule has 0 radical (unpaired) electrons. The largest absolute Gasteiger partial charge is 0.383 e. The molecule has 6 nitrogen and oxygen atoms in total. The lowest BCUT2D eigenvalue weighted by Crippen LogP contribution is -2.35. The van der Waals surface area contributed by atoms with Gasteiger partial charge in [-0.25, -0.2) is 12.7 Å². The minimum Gasteiger partial charge on any atom is -0.383 e. The minimum atomic E-state index is -3.47. The third-order valence-electron chi connectivity index (χ3n) is 2.69. The molecule has 0 aliphatic heterocycles. The first kappa shape index (κ1) is 16.6. The Bertz CT molecular complexity index is 552. The van der Waals surface area contributed by atoms with E-state index in [0.29, 0.717) is 12.2 Å². The van der Waals surface area contributed by atoms with Crippen molar-refractivity contribution in [1.82, 2.24) is 9.62 Å². The van der Waals surface area contributed by atoms with E-state index in [2.05, 4.69) is 5.32 Å². The maximum atomic E-state index is 11.9. The van der Waals surface area contributed by atoms with Crippen molar-refractivity contribution in [3.63, 3.8) is 0 Å². The Kier molecular flexibility index (Phi) is 5.67. The fourth-order valence-corrected chi connectivity index (χ4v) is 2.49. The van der Waals surface area contributed by atoms with Gasteiger partial charge >= 0.3 is 0 Å². The van der Waals surface area contributed by atoms with Gasteiger partial charge in [0.05, 0.1) is 11.5 Å². The third-order valence-corrected chi connectivity index (χ3v) is 4.52. The van der Waals surface area contributed by atoms with Gasteiger partial charge in [-0.1, -0.05) is 0 Å². The van der Waals surface area contributed by atoms with Crippen LogP contribution in [-0.2, 0) is 14.8 Å². The van der Waals surface area contributed by atoms with E-state index in [-0.39, 0.29) is 16.8 Å². The van der Waals surface area contributed by atoms with Crippen molar-refractivity contribution < 1.29 is 17.9 Å². The van der Waals surface area contributed by atoms with Gasteiger partial charge in [-0.2, -0.15) is 0 Å². The molecule has 0 aliphatic rings. The highest BCUT2D eigenvalue weighted by molar-refractivity contribution is 7.89. The number of sulfonamides is 1. The zero-order valence-corrected chi connectivity index (χ0v) is 12.9. The van der Waals surface area contributed by atoms with Crippen LogP contribution >= 0.6 is 0 Å². The minimum absolute atomic E-state index is 0.113. The Morgan fingerprint density at radius 2 is 1.85 bits per heavy atom. The van der Waals surface area contributed by atoms with Crippen molar-refractivity contribution in [3.05, 3.63) is 29.8 Å². The lowest BCUT2D eigenvalue weighted by molar-refractivity contribution is 0.0905. The predicted octanol–water partition coefficient (Wildman–Crippen LogP) is 0.702. The zero-order valence-electron chi connectivity index (χ0n) is 12.1. The zero-order chi connectivity index (χ0) is 15.3. The van der Waals surface area contributed by atoms with Gasteiger partial charge in [-0.05, 0) is 31.2 Å². The van der Waals surface area contributed by atoms with Gasteiger partial charge in [-0.3, -0.25) is 4.79 Å². The summed E-state index contributed by atoms with van der Waals surface area (Å²) in [7, 11) is 1.01. The Hall–Kier alpha value is -1.44. The van der Waals surface area contributed by atoms with Crippen LogP contribution in [-0.4, -0.2) is 52.5 Å². The summed E-state index contributed by atoms with van der Waals surface area (Å²) in [6, 6.07) is 5.71. The first-order valence-corrected chi connectivity index (χ1v) is 7.55. The fraction of sp³-hybridized carbons (Fsp3) is 0.462. The number of carbonyl (C=O) groups excluding carboxylic acids is 1. The Morgan fingerprint density at radius 1 is 1.30 bits per heavy atom. The second kappa shape index (κ2) is 6.83. The Balaban J connectivity index is 2.84. The summed E-state index contributed by atoms with van der Waals surface area (Å²) in [5.74, 6) is -0.261. The molecular formula is C13H20N2O4S. The molecule has 0 aliphatic carbocycles. The SMILES string of the molecule is COCC(C)NC(=O)c1ccc(S(=O)(=O)N(C)C)cc1. The first-order valence-electron chi connectivity index (χ1n) is 6.11. The highest BCUT2D eigenvalue weighted by Crippen LogP contribution is 2.14. The second-order valence-electron chi connectivity index (χ2n) is 4.64. The summed E-state index contributed by atoms with van der Waals surface area (Å²) in [5.41, 5.74) is 0.408. The number of carbonyl (C=O) groups is 1. The topological polar surface area (TPSA) is 75.7 Å². The Morgan fingerprint density at radius 3 is 2.30 bits per heavy atom. The van der Waals surface area contributed by atoms with Crippen LogP contribution in [0.25, 0.3) is 0 Å². The van der Waals surface area contributed by atoms with Crippen LogP contribution < -0.4 is 5.32 Å². The van der Waals surface area contributed by atoms with Crippen molar-refractivity contribution in [3.8, 4) is 0 Å².